The van der Waals surface area contributed by atoms with Crippen LogP contribution in [0.4, 0.5) is 5.69 Å². The van der Waals surface area contributed by atoms with Gasteiger partial charge in [-0.1, -0.05) is 36.4 Å². The van der Waals surface area contributed by atoms with Crippen molar-refractivity contribution in [2.45, 2.75) is 13.0 Å². The van der Waals surface area contributed by atoms with Gasteiger partial charge in [0.1, 0.15) is 6.61 Å². The molecule has 6 heteroatoms. The monoisotopic (exact) mass is 313 g/mol. The predicted molar refractivity (Wildman–Crippen MR) is 84.2 cm³/mol. The summed E-state index contributed by atoms with van der Waals surface area (Å²) in [7, 11) is 0. The molecule has 0 radical (unpaired) electrons. The van der Waals surface area contributed by atoms with Gasteiger partial charge in [-0.15, -0.1) is 6.58 Å². The van der Waals surface area contributed by atoms with E-state index in [2.05, 4.69) is 6.58 Å². The Morgan fingerprint density at radius 3 is 2.57 bits per heavy atom. The Kier molecular flexibility index (Phi) is 5.09. The zero-order chi connectivity index (χ0) is 16.8. The first kappa shape index (κ1) is 16.2. The average Bonchev–Trinajstić information content (AvgIpc) is 2.55. The van der Waals surface area contributed by atoms with Crippen LogP contribution in [0.5, 0.6) is 5.75 Å². The van der Waals surface area contributed by atoms with E-state index in [-0.39, 0.29) is 24.2 Å². The van der Waals surface area contributed by atoms with E-state index < -0.39 is 22.3 Å². The Hall–Kier alpha value is -3.15. The molecule has 0 fully saturated rings. The van der Waals surface area contributed by atoms with Crippen molar-refractivity contribution in [1.29, 1.82) is 0 Å². The van der Waals surface area contributed by atoms with Gasteiger partial charge in [0.2, 0.25) is 0 Å². The summed E-state index contributed by atoms with van der Waals surface area (Å²) >= 11 is 0. The highest BCUT2D eigenvalue weighted by Crippen LogP contribution is 2.33. The van der Waals surface area contributed by atoms with Crippen LogP contribution in [0.3, 0.4) is 0 Å². The van der Waals surface area contributed by atoms with Crippen LogP contribution in [0.2, 0.25) is 0 Å². The normalized spacial score (nSPS) is 10.1. The molecule has 0 aliphatic carbocycles. The number of ether oxygens (including phenoxy) is 1. The fraction of sp³-hybridized carbons (Fsp3) is 0.118. The number of nitro benzene ring substituents is 1. The fourth-order valence-corrected chi connectivity index (χ4v) is 2.11. The summed E-state index contributed by atoms with van der Waals surface area (Å²) in [6, 6.07) is 11.5. The van der Waals surface area contributed by atoms with Gasteiger partial charge in [0.15, 0.2) is 5.75 Å². The molecule has 0 spiro atoms. The van der Waals surface area contributed by atoms with Crippen molar-refractivity contribution in [2.75, 3.05) is 0 Å². The van der Waals surface area contributed by atoms with Crippen LogP contribution in [0, 0.1) is 10.1 Å². The summed E-state index contributed by atoms with van der Waals surface area (Å²) in [6.45, 7) is 3.61. The lowest BCUT2D eigenvalue weighted by Gasteiger charge is -2.10. The van der Waals surface area contributed by atoms with Gasteiger partial charge in [-0.25, -0.2) is 4.79 Å². The van der Waals surface area contributed by atoms with Gasteiger partial charge in [0.25, 0.3) is 0 Å². The van der Waals surface area contributed by atoms with Crippen molar-refractivity contribution in [3.63, 3.8) is 0 Å². The molecule has 6 nitrogen and oxygen atoms in total. The quantitative estimate of drug-likeness (QED) is 0.382. The van der Waals surface area contributed by atoms with Gasteiger partial charge in [-0.3, -0.25) is 10.1 Å². The number of hydrogen-bond acceptors (Lipinski definition) is 5. The van der Waals surface area contributed by atoms with E-state index in [0.29, 0.717) is 0 Å². The maximum atomic E-state index is 12.2. The Morgan fingerprint density at radius 1 is 1.26 bits per heavy atom. The van der Waals surface area contributed by atoms with Crippen molar-refractivity contribution in [2.24, 2.45) is 0 Å². The molecule has 0 saturated heterocycles. The van der Waals surface area contributed by atoms with E-state index in [4.69, 9.17) is 4.74 Å². The molecule has 0 aromatic heterocycles. The molecular weight excluding hydrogens is 298 g/mol. The molecule has 2 aromatic carbocycles. The number of phenolic OH excluding ortho intramolecular Hbond substituents is 1. The van der Waals surface area contributed by atoms with Crippen LogP contribution in [0.1, 0.15) is 21.5 Å². The largest absolute Gasteiger partial charge is 0.502 e. The molecule has 0 saturated carbocycles. The third kappa shape index (κ3) is 3.74. The molecular formula is C17H15NO5. The molecule has 0 amide bonds. The Bertz CT molecular complexity index is 740. The highest BCUT2D eigenvalue weighted by molar-refractivity contribution is 5.92. The van der Waals surface area contributed by atoms with Crippen molar-refractivity contribution in [3.05, 3.63) is 81.9 Å². The van der Waals surface area contributed by atoms with Gasteiger partial charge in [-0.05, 0) is 18.1 Å². The van der Waals surface area contributed by atoms with Crippen molar-refractivity contribution in [1.82, 2.24) is 0 Å². The second-order valence-electron chi connectivity index (χ2n) is 4.77. The lowest BCUT2D eigenvalue weighted by atomic mass is 10.0. The number of nitrogens with zero attached hydrogens (tertiary/aromatic N) is 1. The summed E-state index contributed by atoms with van der Waals surface area (Å²) < 4.78 is 5.20. The molecule has 0 atom stereocenters. The molecule has 2 rings (SSSR count). The van der Waals surface area contributed by atoms with E-state index in [0.717, 1.165) is 11.6 Å². The van der Waals surface area contributed by atoms with Gasteiger partial charge in [-0.2, -0.15) is 0 Å². The summed E-state index contributed by atoms with van der Waals surface area (Å²) in [5.74, 6) is -1.19. The van der Waals surface area contributed by atoms with Gasteiger partial charge < -0.3 is 9.84 Å². The van der Waals surface area contributed by atoms with Gasteiger partial charge in [0, 0.05) is 11.6 Å². The van der Waals surface area contributed by atoms with Crippen LogP contribution in [-0.4, -0.2) is 16.0 Å². The lowest BCUT2D eigenvalue weighted by Crippen LogP contribution is -2.09. The smallest absolute Gasteiger partial charge is 0.338 e. The number of allylic oxidation sites excluding steroid dienone is 1. The number of aromatic hydroxyl groups is 1. The topological polar surface area (TPSA) is 89.7 Å². The number of rotatable bonds is 6. The lowest BCUT2D eigenvalue weighted by molar-refractivity contribution is -0.385. The van der Waals surface area contributed by atoms with Crippen LogP contribution < -0.4 is 0 Å². The SMILES string of the molecule is C=CCc1c(C(=O)OCc2ccccc2)ccc([N+](=O)[O-])c1O. The summed E-state index contributed by atoms with van der Waals surface area (Å²) in [4.78, 5) is 22.4. The molecule has 2 aromatic rings. The zero-order valence-corrected chi connectivity index (χ0v) is 12.3. The summed E-state index contributed by atoms with van der Waals surface area (Å²) in [6.07, 6.45) is 1.57. The van der Waals surface area contributed by atoms with E-state index >= 15 is 0 Å². The number of benzene rings is 2. The molecule has 118 valence electrons. The van der Waals surface area contributed by atoms with Gasteiger partial charge in [0.05, 0.1) is 10.5 Å². The maximum Gasteiger partial charge on any atom is 0.338 e. The highest BCUT2D eigenvalue weighted by Gasteiger charge is 2.23. The van der Waals surface area contributed by atoms with E-state index in [1.54, 1.807) is 0 Å². The van der Waals surface area contributed by atoms with Gasteiger partial charge >= 0.3 is 11.7 Å². The summed E-state index contributed by atoms with van der Waals surface area (Å²) in [5.41, 5.74) is 0.579. The molecule has 23 heavy (non-hydrogen) atoms. The molecule has 0 aliphatic rings. The van der Waals surface area contributed by atoms with Crippen molar-refractivity contribution >= 4 is 11.7 Å². The van der Waals surface area contributed by atoms with Crippen LogP contribution >= 0.6 is 0 Å². The third-order valence-corrected chi connectivity index (χ3v) is 3.24. The first-order chi connectivity index (χ1) is 11.0. The standard InChI is InChI=1S/C17H15NO5/c1-2-6-13-14(9-10-15(16(13)19)18(21)22)17(20)23-11-12-7-4-3-5-8-12/h2-5,7-10,19H,1,6,11H2. The van der Waals surface area contributed by atoms with Crippen LogP contribution in [-0.2, 0) is 17.8 Å². The minimum Gasteiger partial charge on any atom is -0.502 e. The number of nitro groups is 1. The fourth-order valence-electron chi connectivity index (χ4n) is 2.11. The number of esters is 1. The second kappa shape index (κ2) is 7.22. The molecule has 0 unspecified atom stereocenters. The average molecular weight is 313 g/mol. The van der Waals surface area contributed by atoms with E-state index in [1.165, 1.54) is 12.1 Å². The molecule has 0 heterocycles. The van der Waals surface area contributed by atoms with E-state index in [1.807, 2.05) is 30.3 Å². The third-order valence-electron chi connectivity index (χ3n) is 3.24. The predicted octanol–water partition coefficient (Wildman–Crippen LogP) is 3.39. The zero-order valence-electron chi connectivity index (χ0n) is 12.3. The first-order valence-corrected chi connectivity index (χ1v) is 6.85. The molecule has 0 bridgehead atoms. The van der Waals surface area contributed by atoms with Crippen molar-refractivity contribution in [3.8, 4) is 5.75 Å². The Balaban J connectivity index is 2.27. The number of carbonyl (C=O) groups excluding carboxylic acids is 1. The van der Waals surface area contributed by atoms with Crippen LogP contribution in [0.25, 0.3) is 0 Å². The molecule has 0 aliphatic heterocycles. The highest BCUT2D eigenvalue weighted by atomic mass is 16.6. The minimum absolute atomic E-state index is 0.0744. The second-order valence-corrected chi connectivity index (χ2v) is 4.77. The van der Waals surface area contributed by atoms with Crippen molar-refractivity contribution < 1.29 is 19.6 Å². The summed E-state index contributed by atoms with van der Waals surface area (Å²) in [5, 5.41) is 20.9. The van der Waals surface area contributed by atoms with Crippen LogP contribution in [0.15, 0.2) is 55.1 Å². The minimum atomic E-state index is -0.707. The Labute approximate surface area is 132 Å². The van der Waals surface area contributed by atoms with E-state index in [9.17, 15) is 20.0 Å². The molecule has 1 N–H and O–H groups in total. The maximum absolute atomic E-state index is 12.2. The number of hydrogen-bond donors (Lipinski definition) is 1. The Morgan fingerprint density at radius 2 is 1.96 bits per heavy atom. The number of carbonyl (C=O) groups is 1. The number of phenols is 1. The first-order valence-electron chi connectivity index (χ1n) is 6.85.